The van der Waals surface area contributed by atoms with Gasteiger partial charge in [0, 0.05) is 100 Å². The lowest BCUT2D eigenvalue weighted by atomic mass is 10.1. The Hall–Kier alpha value is -16.6. The monoisotopic (exact) mass is 2010 g/mol. The Bertz CT molecular complexity index is 7360. The van der Waals surface area contributed by atoms with E-state index in [1.54, 1.807) is 91.0 Å². The zero-order chi connectivity index (χ0) is 100. The zero-order valence-corrected chi connectivity index (χ0v) is 75.8. The van der Waals surface area contributed by atoms with Gasteiger partial charge in [-0.1, -0.05) is 34.1 Å². The van der Waals surface area contributed by atoms with Gasteiger partial charge in [0.25, 0.3) is 0 Å². The van der Waals surface area contributed by atoms with Crippen molar-refractivity contribution >= 4 is 90.5 Å². The number of benzene rings is 5. The third-order valence-electron chi connectivity index (χ3n) is 20.3. The van der Waals surface area contributed by atoms with Crippen LogP contribution in [-0.4, -0.2) is 122 Å². The van der Waals surface area contributed by atoms with Crippen LogP contribution in [0.25, 0.3) is 73.8 Å². The first-order valence-electron chi connectivity index (χ1n) is 41.1. The third-order valence-corrected chi connectivity index (χ3v) is 20.8. The SMILES string of the molecule is COc1cc(Nc2ccc(C(F)(F)F)cc2)nc(-c2c(C(F)(F)F)nc3ccccn23)c1.COc1ccc(Nc2cccc(-c3c(C(F)(F)F)nc4ccc(OC)cn34)n2)cc1.Cc1nn(C)c(C)c1-c1cncc(Nc2ccc(Br)cc2)n1.Cc1nn(C)c(C)c1-c1cncc(Nc2ccc(OC(F)(F)F)cc2)n1.FC(F)Oc1ccc(Nc2cccc(-c3c(C(F)(F)F)nc4ncccn34)n2)cc1. The summed E-state index contributed by atoms with van der Waals surface area (Å²) in [6, 6.07) is 51.3. The van der Waals surface area contributed by atoms with Gasteiger partial charge in [0.05, 0.1) is 97.7 Å². The van der Waals surface area contributed by atoms with Crippen molar-refractivity contribution in [2.24, 2.45) is 14.1 Å². The van der Waals surface area contributed by atoms with E-state index in [1.165, 1.54) is 168 Å². The molecule has 46 heteroatoms. The highest BCUT2D eigenvalue weighted by atomic mass is 79.9. The van der Waals surface area contributed by atoms with Crippen molar-refractivity contribution in [3.63, 3.8) is 0 Å². The molecule has 5 N–H and O–H groups in total. The molecule has 722 valence electrons. The van der Waals surface area contributed by atoms with Gasteiger partial charge in [-0.3, -0.25) is 32.5 Å². The van der Waals surface area contributed by atoms with Crippen molar-refractivity contribution in [1.29, 1.82) is 0 Å². The number of aryl methyl sites for hydroxylation is 4. The van der Waals surface area contributed by atoms with Gasteiger partial charge >= 0.3 is 37.7 Å². The average molecular weight is 2010 g/mol. The summed E-state index contributed by atoms with van der Waals surface area (Å²) in [5, 5.41) is 23.9. The van der Waals surface area contributed by atoms with E-state index in [-0.39, 0.29) is 85.8 Å². The summed E-state index contributed by atoms with van der Waals surface area (Å²) in [5.74, 6) is 2.79. The summed E-state index contributed by atoms with van der Waals surface area (Å²) in [6.07, 6.45) is -11.0. The van der Waals surface area contributed by atoms with Gasteiger partial charge in [0.15, 0.2) is 17.1 Å². The van der Waals surface area contributed by atoms with Gasteiger partial charge in [0.2, 0.25) is 5.78 Å². The summed E-state index contributed by atoms with van der Waals surface area (Å²) in [4.78, 5) is 45.5. The van der Waals surface area contributed by atoms with E-state index < -0.39 is 60.3 Å². The molecule has 0 amide bonds. The van der Waals surface area contributed by atoms with E-state index in [4.69, 9.17) is 14.2 Å². The van der Waals surface area contributed by atoms with Crippen molar-refractivity contribution in [2.75, 3.05) is 47.9 Å². The summed E-state index contributed by atoms with van der Waals surface area (Å²) in [5.41, 5.74) is 5.81. The summed E-state index contributed by atoms with van der Waals surface area (Å²) in [6.45, 7) is 4.91. The maximum absolute atomic E-state index is 13.7. The molecule has 0 radical (unpaired) electrons. The molecule has 0 aliphatic rings. The number of imidazole rings is 3. The molecule has 0 saturated carbocycles. The number of alkyl halides is 17. The van der Waals surface area contributed by atoms with Gasteiger partial charge in [-0.05, 0) is 204 Å². The largest absolute Gasteiger partial charge is 0.573 e. The molecule has 5 aromatic carbocycles. The summed E-state index contributed by atoms with van der Waals surface area (Å²) < 4.78 is 254. The molecule has 0 aliphatic heterocycles. The highest BCUT2D eigenvalue weighted by Gasteiger charge is 2.42. The van der Waals surface area contributed by atoms with Crippen molar-refractivity contribution in [3.05, 3.63) is 306 Å². The second kappa shape index (κ2) is 41.9. The lowest BCUT2D eigenvalue weighted by Crippen LogP contribution is -2.16. The number of methoxy groups -OCH3 is 3. The molecule has 13 aromatic heterocycles. The minimum absolute atomic E-state index is 0.0229. The predicted molar refractivity (Wildman–Crippen MR) is 490 cm³/mol. The van der Waals surface area contributed by atoms with Crippen molar-refractivity contribution in [3.8, 4) is 85.4 Å². The number of hydrogen-bond acceptors (Lipinski definition) is 23. The van der Waals surface area contributed by atoms with Crippen LogP contribution in [0.5, 0.6) is 28.7 Å². The average Bonchev–Trinajstić information content (AvgIpc) is 1.62. The number of nitrogens with zero attached hydrogens (tertiary/aromatic N) is 18. The fourth-order valence-electron chi connectivity index (χ4n) is 14.0. The minimum atomic E-state index is -4.74. The molecule has 0 spiro atoms. The quantitative estimate of drug-likeness (QED) is 0.0418. The Morgan fingerprint density at radius 3 is 1.24 bits per heavy atom. The maximum atomic E-state index is 13.7. The van der Waals surface area contributed by atoms with Crippen LogP contribution in [0.1, 0.15) is 45.4 Å². The molecule has 0 aliphatic carbocycles. The number of pyridine rings is 5. The smallest absolute Gasteiger partial charge is 0.497 e. The first-order valence-corrected chi connectivity index (χ1v) is 41.9. The Morgan fingerprint density at radius 1 is 0.357 bits per heavy atom. The Balaban J connectivity index is 0.000000140. The van der Waals surface area contributed by atoms with E-state index in [9.17, 15) is 74.6 Å². The first-order chi connectivity index (χ1) is 66.5. The predicted octanol–water partition coefficient (Wildman–Crippen LogP) is 24.7. The van der Waals surface area contributed by atoms with Gasteiger partial charge in [-0.15, -0.1) is 13.2 Å². The van der Waals surface area contributed by atoms with E-state index >= 15 is 0 Å². The van der Waals surface area contributed by atoms with Gasteiger partial charge in [-0.25, -0.2) is 44.9 Å². The lowest BCUT2D eigenvalue weighted by Gasteiger charge is -2.13. The Kier molecular flexibility index (Phi) is 29.8. The van der Waals surface area contributed by atoms with Crippen LogP contribution < -0.4 is 50.3 Å². The van der Waals surface area contributed by atoms with E-state index in [0.717, 1.165) is 67.6 Å². The third kappa shape index (κ3) is 24.6. The second-order valence-corrected chi connectivity index (χ2v) is 30.8. The molecular weight excluding hydrogens is 1930 g/mol. The molecular formula is C94H75BrF17N23O5. The van der Waals surface area contributed by atoms with Gasteiger partial charge in [0.1, 0.15) is 86.2 Å². The normalized spacial score (nSPS) is 11.6. The Morgan fingerprint density at radius 2 is 0.771 bits per heavy atom. The van der Waals surface area contributed by atoms with Crippen molar-refractivity contribution < 1.29 is 98.3 Å². The molecule has 13 heterocycles. The number of rotatable bonds is 21. The number of halogens is 18. The molecule has 0 atom stereocenters. The fourth-order valence-corrected chi connectivity index (χ4v) is 14.2. The molecule has 28 nitrogen and oxygen atoms in total. The molecule has 0 unspecified atom stereocenters. The van der Waals surface area contributed by atoms with E-state index in [0.29, 0.717) is 46.0 Å². The summed E-state index contributed by atoms with van der Waals surface area (Å²) >= 11 is 3.43. The molecule has 18 aromatic rings. The van der Waals surface area contributed by atoms with E-state index in [2.05, 4.69) is 117 Å². The number of nitrogens with one attached hydrogen (secondary N) is 5. The number of ether oxygens (including phenoxy) is 5. The standard InChI is InChI=1S/C21H14F6N4O.C21H17F3N4O2.C19H12F5N5O.C17H16F3N5O.C16H16BrN5/c1-32-14-10-15(18-19(21(25,26)27)30-17-4-2-3-9-31(17)18)29-16(11-14)28-13-7-5-12(6-8-13)20(22,23)24;1-29-14-8-6-13(7-9-14)25-17-5-3-4-16(26-17)19-20(21(22,23)24)27-18-11-10-15(30-2)12-28(18)19;20-17(21)30-12-7-5-11(6-8-12)26-14-4-1-3-13(27-14)15-16(19(22,23)24)28-18-25-9-2-10-29(15)18;1-10-16(11(2)25(3)24-10)14-8-21-9-15(23-14)22-12-4-6-13(7-5-12)26-17(18,19)20;1-10-16(11(2)22(3)21-10)14-8-18-9-15(20-14)19-13-6-4-12(17)5-7-13/h2-11H,1H3,(H,28,29);3-12H,1-2H3,(H,25,26);1-10,17H,(H,26,27);4-9H,1-3H3,(H,22,23);4-9H,1-3H3,(H,19,20). The topological polar surface area (TPSA) is 297 Å². The molecule has 140 heavy (non-hydrogen) atoms. The van der Waals surface area contributed by atoms with Crippen LogP contribution >= 0.6 is 15.9 Å². The fraction of sp³-hybridized carbons (Fsp3) is 0.160. The highest BCUT2D eigenvalue weighted by molar-refractivity contribution is 9.10. The van der Waals surface area contributed by atoms with Crippen LogP contribution in [0, 0.1) is 27.7 Å². The number of aromatic nitrogens is 18. The maximum Gasteiger partial charge on any atom is 0.573 e. The van der Waals surface area contributed by atoms with Crippen LogP contribution in [0.3, 0.4) is 0 Å². The van der Waals surface area contributed by atoms with Gasteiger partial charge < -0.3 is 50.3 Å². The van der Waals surface area contributed by atoms with Crippen LogP contribution in [0.2, 0.25) is 0 Å². The Labute approximate surface area is 791 Å². The van der Waals surface area contributed by atoms with Crippen molar-refractivity contribution in [2.45, 2.75) is 65.4 Å². The highest BCUT2D eigenvalue weighted by Crippen LogP contribution is 2.43. The first kappa shape index (κ1) is 99.4. The van der Waals surface area contributed by atoms with Crippen molar-refractivity contribution in [1.82, 2.24) is 87.6 Å². The molecule has 0 bridgehead atoms. The number of hydrogen-bond donors (Lipinski definition) is 5. The lowest BCUT2D eigenvalue weighted by molar-refractivity contribution is -0.274. The van der Waals surface area contributed by atoms with Gasteiger partial charge in [-0.2, -0.15) is 71.7 Å². The van der Waals surface area contributed by atoms with Crippen LogP contribution in [-0.2, 0) is 38.8 Å². The van der Waals surface area contributed by atoms with Crippen LogP contribution in [0.4, 0.5) is 132 Å². The number of anilines is 10. The van der Waals surface area contributed by atoms with Crippen LogP contribution in [0.15, 0.2) is 260 Å². The zero-order valence-electron chi connectivity index (χ0n) is 74.2. The molecule has 0 saturated heterocycles. The second-order valence-electron chi connectivity index (χ2n) is 29.9. The van der Waals surface area contributed by atoms with E-state index in [1.807, 2.05) is 70.7 Å². The number of fused-ring (bicyclic) bond motifs is 3. The molecule has 18 rings (SSSR count). The summed E-state index contributed by atoms with van der Waals surface area (Å²) in [7, 11) is 8.13. The minimum Gasteiger partial charge on any atom is -0.497 e. The molecule has 0 fully saturated rings.